The Morgan fingerprint density at radius 2 is 2.08 bits per heavy atom. The molecule has 2 rings (SSSR count). The lowest BCUT2D eigenvalue weighted by molar-refractivity contribution is 0.145. The maximum Gasteiger partial charge on any atom is 0.191 e. The fourth-order valence-electron chi connectivity index (χ4n) is 2.42. The van der Waals surface area contributed by atoms with Gasteiger partial charge in [0.15, 0.2) is 5.96 Å². The van der Waals surface area contributed by atoms with Crippen LogP contribution >= 0.6 is 0 Å². The van der Waals surface area contributed by atoms with Crippen molar-refractivity contribution in [2.75, 3.05) is 26.9 Å². The van der Waals surface area contributed by atoms with Crippen molar-refractivity contribution in [3.63, 3.8) is 0 Å². The molecule has 0 unspecified atom stereocenters. The SMILES string of the molecule is CCNC(=NCc1ccc(C)cc1OCCOC)NCc1ccnn1C. The van der Waals surface area contributed by atoms with Crippen LogP contribution in [0.3, 0.4) is 0 Å². The van der Waals surface area contributed by atoms with Gasteiger partial charge in [-0.2, -0.15) is 5.10 Å². The van der Waals surface area contributed by atoms with Crippen LogP contribution in [-0.4, -0.2) is 42.6 Å². The Kier molecular flexibility index (Phi) is 7.95. The average molecular weight is 359 g/mol. The van der Waals surface area contributed by atoms with Crippen molar-refractivity contribution in [1.29, 1.82) is 0 Å². The molecule has 0 spiro atoms. The minimum absolute atomic E-state index is 0.523. The standard InChI is InChI=1S/C19H29N5O2/c1-5-20-19(22-14-17-8-9-23-24(17)3)21-13-16-7-6-15(2)12-18(16)26-11-10-25-4/h6-9,12H,5,10-11,13-14H2,1-4H3,(H2,20,21,22). The highest BCUT2D eigenvalue weighted by Gasteiger charge is 2.06. The first-order valence-electron chi connectivity index (χ1n) is 8.84. The van der Waals surface area contributed by atoms with E-state index in [1.165, 1.54) is 0 Å². The van der Waals surface area contributed by atoms with Gasteiger partial charge in [-0.3, -0.25) is 4.68 Å². The summed E-state index contributed by atoms with van der Waals surface area (Å²) in [6.45, 7) is 7.17. The van der Waals surface area contributed by atoms with Gasteiger partial charge in [0, 0.05) is 32.5 Å². The zero-order valence-corrected chi connectivity index (χ0v) is 16.1. The molecule has 0 amide bonds. The van der Waals surface area contributed by atoms with Crippen molar-refractivity contribution < 1.29 is 9.47 Å². The van der Waals surface area contributed by atoms with Crippen LogP contribution in [0.4, 0.5) is 0 Å². The van der Waals surface area contributed by atoms with Crippen molar-refractivity contribution in [3.05, 3.63) is 47.3 Å². The molecule has 0 aliphatic carbocycles. The summed E-state index contributed by atoms with van der Waals surface area (Å²) in [5, 5.41) is 10.8. The molecule has 1 aromatic carbocycles. The van der Waals surface area contributed by atoms with Gasteiger partial charge in [0.1, 0.15) is 12.4 Å². The number of nitrogens with zero attached hydrogens (tertiary/aromatic N) is 3. The highest BCUT2D eigenvalue weighted by molar-refractivity contribution is 5.79. The third-order valence-electron chi connectivity index (χ3n) is 3.88. The normalized spacial score (nSPS) is 11.5. The predicted octanol–water partition coefficient (Wildman–Crippen LogP) is 2.01. The monoisotopic (exact) mass is 359 g/mol. The highest BCUT2D eigenvalue weighted by Crippen LogP contribution is 2.21. The lowest BCUT2D eigenvalue weighted by Crippen LogP contribution is -2.37. The van der Waals surface area contributed by atoms with Crippen LogP contribution in [0.15, 0.2) is 35.5 Å². The molecule has 26 heavy (non-hydrogen) atoms. The third-order valence-corrected chi connectivity index (χ3v) is 3.88. The van der Waals surface area contributed by atoms with Crippen LogP contribution < -0.4 is 15.4 Å². The maximum absolute atomic E-state index is 5.84. The molecule has 1 aromatic heterocycles. The van der Waals surface area contributed by atoms with Gasteiger partial charge in [-0.1, -0.05) is 12.1 Å². The van der Waals surface area contributed by atoms with Gasteiger partial charge < -0.3 is 20.1 Å². The molecule has 7 nitrogen and oxygen atoms in total. The lowest BCUT2D eigenvalue weighted by Gasteiger charge is -2.13. The molecule has 0 aliphatic heterocycles. The van der Waals surface area contributed by atoms with Gasteiger partial charge in [0.2, 0.25) is 0 Å². The smallest absolute Gasteiger partial charge is 0.191 e. The van der Waals surface area contributed by atoms with Crippen molar-refractivity contribution in [3.8, 4) is 5.75 Å². The van der Waals surface area contributed by atoms with Crippen LogP contribution in [0, 0.1) is 6.92 Å². The summed E-state index contributed by atoms with van der Waals surface area (Å²) in [5.41, 5.74) is 3.30. The van der Waals surface area contributed by atoms with E-state index < -0.39 is 0 Å². The Morgan fingerprint density at radius 1 is 1.23 bits per heavy atom. The molecule has 0 saturated heterocycles. The maximum atomic E-state index is 5.84. The molecule has 0 aliphatic rings. The minimum atomic E-state index is 0.523. The number of nitrogens with one attached hydrogen (secondary N) is 2. The second kappa shape index (κ2) is 10.5. The molecule has 0 bridgehead atoms. The van der Waals surface area contributed by atoms with Crippen LogP contribution in [-0.2, 0) is 24.9 Å². The number of hydrogen-bond acceptors (Lipinski definition) is 4. The minimum Gasteiger partial charge on any atom is -0.491 e. The number of hydrogen-bond donors (Lipinski definition) is 2. The summed E-state index contributed by atoms with van der Waals surface area (Å²) in [5.74, 6) is 1.62. The van der Waals surface area contributed by atoms with E-state index in [2.05, 4.69) is 39.8 Å². The van der Waals surface area contributed by atoms with Crippen molar-refractivity contribution in [2.45, 2.75) is 26.9 Å². The van der Waals surface area contributed by atoms with Crippen molar-refractivity contribution in [2.24, 2.45) is 12.0 Å². The zero-order chi connectivity index (χ0) is 18.8. The van der Waals surface area contributed by atoms with Crippen LogP contribution in [0.5, 0.6) is 5.75 Å². The Morgan fingerprint density at radius 3 is 2.77 bits per heavy atom. The number of benzene rings is 1. The van der Waals surface area contributed by atoms with E-state index in [1.54, 1.807) is 13.3 Å². The van der Waals surface area contributed by atoms with E-state index in [9.17, 15) is 0 Å². The van der Waals surface area contributed by atoms with E-state index in [0.717, 1.165) is 35.1 Å². The number of aryl methyl sites for hydroxylation is 2. The van der Waals surface area contributed by atoms with Gasteiger partial charge in [-0.15, -0.1) is 0 Å². The Balaban J connectivity index is 2.04. The number of methoxy groups -OCH3 is 1. The fourth-order valence-corrected chi connectivity index (χ4v) is 2.42. The molecule has 0 fully saturated rings. The first kappa shape index (κ1) is 19.8. The summed E-state index contributed by atoms with van der Waals surface area (Å²) in [4.78, 5) is 4.68. The quantitative estimate of drug-likeness (QED) is 0.407. The van der Waals surface area contributed by atoms with Crippen molar-refractivity contribution >= 4 is 5.96 Å². The zero-order valence-electron chi connectivity index (χ0n) is 16.1. The second-order valence-corrected chi connectivity index (χ2v) is 5.95. The number of aromatic nitrogens is 2. The number of aliphatic imine (C=N–C) groups is 1. The third kappa shape index (κ3) is 6.07. The first-order chi connectivity index (χ1) is 12.6. The lowest BCUT2D eigenvalue weighted by atomic mass is 10.1. The van der Waals surface area contributed by atoms with Crippen LogP contribution in [0.2, 0.25) is 0 Å². The predicted molar refractivity (Wildman–Crippen MR) is 103 cm³/mol. The Bertz CT molecular complexity index is 712. The molecular weight excluding hydrogens is 330 g/mol. The Hall–Kier alpha value is -2.54. The van der Waals surface area contributed by atoms with Crippen LogP contribution in [0.25, 0.3) is 0 Å². The van der Waals surface area contributed by atoms with Gasteiger partial charge >= 0.3 is 0 Å². The number of rotatable bonds is 9. The van der Waals surface area contributed by atoms with Gasteiger partial charge in [-0.05, 0) is 31.5 Å². The molecule has 0 saturated carbocycles. The van der Waals surface area contributed by atoms with Crippen LogP contribution in [0.1, 0.15) is 23.7 Å². The topological polar surface area (TPSA) is 72.7 Å². The molecule has 2 aromatic rings. The molecule has 0 atom stereocenters. The molecular formula is C19H29N5O2. The van der Waals surface area contributed by atoms with Crippen molar-refractivity contribution in [1.82, 2.24) is 20.4 Å². The summed E-state index contributed by atoms with van der Waals surface area (Å²) in [6.07, 6.45) is 1.79. The molecule has 142 valence electrons. The summed E-state index contributed by atoms with van der Waals surface area (Å²) in [6, 6.07) is 8.16. The summed E-state index contributed by atoms with van der Waals surface area (Å²) in [7, 11) is 3.60. The fraction of sp³-hybridized carbons (Fsp3) is 0.474. The molecule has 7 heteroatoms. The number of ether oxygens (including phenoxy) is 2. The van der Waals surface area contributed by atoms with E-state index in [-0.39, 0.29) is 0 Å². The molecule has 2 N–H and O–H groups in total. The van der Waals surface area contributed by atoms with E-state index in [0.29, 0.717) is 26.3 Å². The summed E-state index contributed by atoms with van der Waals surface area (Å²) >= 11 is 0. The van der Waals surface area contributed by atoms with Gasteiger partial charge in [-0.25, -0.2) is 4.99 Å². The van der Waals surface area contributed by atoms with E-state index >= 15 is 0 Å². The first-order valence-corrected chi connectivity index (χ1v) is 8.84. The van der Waals surface area contributed by atoms with E-state index in [4.69, 9.17) is 9.47 Å². The highest BCUT2D eigenvalue weighted by atomic mass is 16.5. The summed E-state index contributed by atoms with van der Waals surface area (Å²) < 4.78 is 12.7. The largest absolute Gasteiger partial charge is 0.491 e. The number of guanidine groups is 1. The van der Waals surface area contributed by atoms with Gasteiger partial charge in [0.25, 0.3) is 0 Å². The average Bonchev–Trinajstić information content (AvgIpc) is 3.04. The molecule has 0 radical (unpaired) electrons. The second-order valence-electron chi connectivity index (χ2n) is 5.95. The molecule has 1 heterocycles. The van der Waals surface area contributed by atoms with Gasteiger partial charge in [0.05, 0.1) is 25.4 Å². The van der Waals surface area contributed by atoms with E-state index in [1.807, 2.05) is 30.8 Å². The Labute approximate surface area is 155 Å².